The molecule has 1 aromatic rings. The minimum Gasteiger partial charge on any atom is -0.396 e. The standard InChI is InChI=1S/C10H15NO4S/c12-8-2-1-7-11-9-3-5-10(6-4-9)16(13,14)15/h3-6,11-12H,1-2,7-8H2,(H,13,14,15). The monoisotopic (exact) mass is 245 g/mol. The molecule has 0 spiro atoms. The van der Waals surface area contributed by atoms with Crippen LogP contribution < -0.4 is 5.32 Å². The first-order valence-electron chi connectivity index (χ1n) is 4.96. The van der Waals surface area contributed by atoms with Crippen LogP contribution in [0.1, 0.15) is 12.8 Å². The minimum atomic E-state index is -4.11. The second kappa shape index (κ2) is 5.83. The van der Waals surface area contributed by atoms with E-state index in [1.807, 2.05) is 0 Å². The molecule has 0 bridgehead atoms. The predicted molar refractivity (Wildman–Crippen MR) is 61.1 cm³/mol. The largest absolute Gasteiger partial charge is 0.396 e. The Hall–Kier alpha value is -1.11. The highest BCUT2D eigenvalue weighted by Crippen LogP contribution is 2.13. The molecular formula is C10H15NO4S. The average Bonchev–Trinajstić information content (AvgIpc) is 2.24. The normalized spacial score (nSPS) is 11.4. The second-order valence-electron chi connectivity index (χ2n) is 3.36. The molecule has 0 aromatic heterocycles. The number of anilines is 1. The van der Waals surface area contributed by atoms with E-state index in [1.165, 1.54) is 12.1 Å². The Morgan fingerprint density at radius 1 is 1.12 bits per heavy atom. The molecule has 0 radical (unpaired) electrons. The van der Waals surface area contributed by atoms with E-state index in [1.54, 1.807) is 12.1 Å². The molecule has 0 fully saturated rings. The molecule has 16 heavy (non-hydrogen) atoms. The van der Waals surface area contributed by atoms with Crippen molar-refractivity contribution < 1.29 is 18.1 Å². The fourth-order valence-electron chi connectivity index (χ4n) is 1.21. The molecule has 0 saturated heterocycles. The van der Waals surface area contributed by atoms with Gasteiger partial charge in [0.15, 0.2) is 0 Å². The van der Waals surface area contributed by atoms with Gasteiger partial charge in [-0.2, -0.15) is 8.42 Å². The van der Waals surface area contributed by atoms with Gasteiger partial charge in [0.05, 0.1) is 4.90 Å². The molecule has 0 saturated carbocycles. The molecule has 0 aliphatic rings. The first kappa shape index (κ1) is 13.0. The van der Waals surface area contributed by atoms with E-state index < -0.39 is 10.1 Å². The van der Waals surface area contributed by atoms with Gasteiger partial charge >= 0.3 is 0 Å². The zero-order valence-corrected chi connectivity index (χ0v) is 9.57. The Balaban J connectivity index is 2.52. The fraction of sp³-hybridized carbons (Fsp3) is 0.400. The first-order valence-corrected chi connectivity index (χ1v) is 6.40. The zero-order chi connectivity index (χ0) is 12.0. The number of aliphatic hydroxyl groups is 1. The Morgan fingerprint density at radius 2 is 1.75 bits per heavy atom. The van der Waals surface area contributed by atoms with Crippen LogP contribution in [0.3, 0.4) is 0 Å². The van der Waals surface area contributed by atoms with Crippen LogP contribution in [0.25, 0.3) is 0 Å². The van der Waals surface area contributed by atoms with E-state index in [-0.39, 0.29) is 11.5 Å². The van der Waals surface area contributed by atoms with E-state index in [4.69, 9.17) is 9.66 Å². The van der Waals surface area contributed by atoms with Gasteiger partial charge in [-0.15, -0.1) is 0 Å². The quantitative estimate of drug-likeness (QED) is 0.516. The summed E-state index contributed by atoms with van der Waals surface area (Å²) < 4.78 is 30.3. The van der Waals surface area contributed by atoms with Crippen LogP contribution in [0.15, 0.2) is 29.2 Å². The van der Waals surface area contributed by atoms with Gasteiger partial charge in [0.2, 0.25) is 0 Å². The minimum absolute atomic E-state index is 0.117. The summed E-state index contributed by atoms with van der Waals surface area (Å²) in [4.78, 5) is -0.117. The van der Waals surface area contributed by atoms with E-state index in [9.17, 15) is 8.42 Å². The number of hydrogen-bond acceptors (Lipinski definition) is 4. The van der Waals surface area contributed by atoms with E-state index >= 15 is 0 Å². The lowest BCUT2D eigenvalue weighted by Crippen LogP contribution is -2.03. The van der Waals surface area contributed by atoms with Gasteiger partial charge in [-0.3, -0.25) is 4.55 Å². The van der Waals surface area contributed by atoms with Crippen LogP contribution in [0, 0.1) is 0 Å². The summed E-state index contributed by atoms with van der Waals surface area (Å²) in [6.07, 6.45) is 1.58. The van der Waals surface area contributed by atoms with Crippen molar-refractivity contribution in [2.45, 2.75) is 17.7 Å². The van der Waals surface area contributed by atoms with Crippen molar-refractivity contribution in [2.75, 3.05) is 18.5 Å². The molecule has 90 valence electrons. The van der Waals surface area contributed by atoms with Crippen LogP contribution >= 0.6 is 0 Å². The second-order valence-corrected chi connectivity index (χ2v) is 4.78. The van der Waals surface area contributed by atoms with Gasteiger partial charge in [0.1, 0.15) is 0 Å². The molecule has 0 aliphatic heterocycles. The van der Waals surface area contributed by atoms with Gasteiger partial charge in [0, 0.05) is 18.8 Å². The van der Waals surface area contributed by atoms with Crippen molar-refractivity contribution in [3.8, 4) is 0 Å². The van der Waals surface area contributed by atoms with Gasteiger partial charge < -0.3 is 10.4 Å². The van der Waals surface area contributed by atoms with Crippen molar-refractivity contribution in [1.29, 1.82) is 0 Å². The predicted octanol–water partition coefficient (Wildman–Crippen LogP) is 1.12. The third-order valence-corrected chi connectivity index (χ3v) is 2.93. The molecule has 0 atom stereocenters. The zero-order valence-electron chi connectivity index (χ0n) is 8.76. The van der Waals surface area contributed by atoms with Crippen molar-refractivity contribution in [1.82, 2.24) is 0 Å². The lowest BCUT2D eigenvalue weighted by Gasteiger charge is -2.05. The van der Waals surface area contributed by atoms with Gasteiger partial charge in [-0.05, 0) is 37.1 Å². The molecule has 0 heterocycles. The average molecular weight is 245 g/mol. The summed E-state index contributed by atoms with van der Waals surface area (Å²) in [5.41, 5.74) is 0.783. The summed E-state index contributed by atoms with van der Waals surface area (Å²) >= 11 is 0. The third kappa shape index (κ3) is 4.18. The van der Waals surface area contributed by atoms with Gasteiger partial charge in [0.25, 0.3) is 10.1 Å². The van der Waals surface area contributed by atoms with Crippen LogP contribution in [-0.4, -0.2) is 31.2 Å². The van der Waals surface area contributed by atoms with Crippen LogP contribution in [0.2, 0.25) is 0 Å². The molecule has 0 aliphatic carbocycles. The number of aliphatic hydroxyl groups excluding tert-OH is 1. The van der Waals surface area contributed by atoms with E-state index in [0.717, 1.165) is 18.5 Å². The summed E-state index contributed by atoms with van der Waals surface area (Å²) in [6, 6.07) is 5.84. The number of benzene rings is 1. The maximum absolute atomic E-state index is 10.8. The smallest absolute Gasteiger partial charge is 0.294 e. The topological polar surface area (TPSA) is 86.6 Å². The van der Waals surface area contributed by atoms with Crippen molar-refractivity contribution in [3.63, 3.8) is 0 Å². The highest BCUT2D eigenvalue weighted by atomic mass is 32.2. The summed E-state index contributed by atoms with van der Waals surface area (Å²) in [7, 11) is -4.11. The molecule has 1 rings (SSSR count). The number of nitrogens with one attached hydrogen (secondary N) is 1. The van der Waals surface area contributed by atoms with Crippen molar-refractivity contribution >= 4 is 15.8 Å². The van der Waals surface area contributed by atoms with Crippen LogP contribution in [0.4, 0.5) is 5.69 Å². The number of hydrogen-bond donors (Lipinski definition) is 3. The summed E-state index contributed by atoms with van der Waals surface area (Å²) in [6.45, 7) is 0.884. The lowest BCUT2D eigenvalue weighted by atomic mass is 10.3. The molecular weight excluding hydrogens is 230 g/mol. The van der Waals surface area contributed by atoms with E-state index in [0.29, 0.717) is 6.54 Å². The van der Waals surface area contributed by atoms with Gasteiger partial charge in [-0.1, -0.05) is 0 Å². The molecule has 3 N–H and O–H groups in total. The maximum Gasteiger partial charge on any atom is 0.294 e. The lowest BCUT2D eigenvalue weighted by molar-refractivity contribution is 0.286. The molecule has 0 amide bonds. The van der Waals surface area contributed by atoms with Crippen molar-refractivity contribution in [2.24, 2.45) is 0 Å². The number of rotatable bonds is 6. The molecule has 5 nitrogen and oxygen atoms in total. The number of unbranched alkanes of at least 4 members (excludes halogenated alkanes) is 1. The Bertz CT molecular complexity index is 413. The van der Waals surface area contributed by atoms with E-state index in [2.05, 4.69) is 5.32 Å². The van der Waals surface area contributed by atoms with Crippen LogP contribution in [0.5, 0.6) is 0 Å². The molecule has 1 aromatic carbocycles. The first-order chi connectivity index (χ1) is 7.54. The Kier molecular flexibility index (Phi) is 4.72. The fourth-order valence-corrected chi connectivity index (χ4v) is 1.69. The Labute approximate surface area is 94.9 Å². The SMILES string of the molecule is O=S(=O)(O)c1ccc(NCCCCO)cc1. The molecule has 6 heteroatoms. The highest BCUT2D eigenvalue weighted by molar-refractivity contribution is 7.85. The molecule has 0 unspecified atom stereocenters. The van der Waals surface area contributed by atoms with Crippen LogP contribution in [-0.2, 0) is 10.1 Å². The Morgan fingerprint density at radius 3 is 2.25 bits per heavy atom. The maximum atomic E-state index is 10.8. The summed E-state index contributed by atoms with van der Waals surface area (Å²) in [5, 5.41) is 11.6. The van der Waals surface area contributed by atoms with Gasteiger partial charge in [-0.25, -0.2) is 0 Å². The van der Waals surface area contributed by atoms with Crippen molar-refractivity contribution in [3.05, 3.63) is 24.3 Å². The third-order valence-electron chi connectivity index (χ3n) is 2.07. The highest BCUT2D eigenvalue weighted by Gasteiger charge is 2.07. The summed E-state index contributed by atoms with van der Waals surface area (Å²) in [5.74, 6) is 0.